The molecule has 0 spiro atoms. The van der Waals surface area contributed by atoms with Gasteiger partial charge in [-0.2, -0.15) is 0 Å². The lowest BCUT2D eigenvalue weighted by molar-refractivity contribution is 0.0682. The first-order valence-electron chi connectivity index (χ1n) is 8.02. The van der Waals surface area contributed by atoms with Crippen LogP contribution in [0, 0.1) is 0 Å². The van der Waals surface area contributed by atoms with Crippen LogP contribution in [0.1, 0.15) is 41.5 Å². The van der Waals surface area contributed by atoms with Gasteiger partial charge in [0.15, 0.2) is 0 Å². The number of amides is 1. The minimum Gasteiger partial charge on any atom is -0.478 e. The Balaban J connectivity index is 2.73. The molecule has 1 amide bonds. The van der Waals surface area contributed by atoms with Gasteiger partial charge in [-0.15, -0.1) is 0 Å². The number of aromatic carboxylic acids is 1. The molecule has 0 saturated heterocycles. The minimum absolute atomic E-state index is 0.0297. The average molecular weight is 355 g/mol. The van der Waals surface area contributed by atoms with E-state index in [1.807, 2.05) is 20.8 Å². The minimum atomic E-state index is -2.83. The molecule has 0 aromatic heterocycles. The maximum Gasteiger partial charge on any atom is 0.502 e. The fourth-order valence-electron chi connectivity index (χ4n) is 2.29. The third kappa shape index (κ3) is 5.71. The number of hydrogen-bond donors (Lipinski definition) is 2. The summed E-state index contributed by atoms with van der Waals surface area (Å²) in [5.74, 6) is -1.58. The number of carboxylic acid groups (broad SMARTS) is 1. The number of benzene rings is 1. The van der Waals surface area contributed by atoms with Crippen molar-refractivity contribution in [2.24, 2.45) is 0 Å². The zero-order valence-corrected chi connectivity index (χ0v) is 15.3. The lowest BCUT2D eigenvalue weighted by atomic mass is 10.1. The topological polar surface area (TPSA) is 94.1 Å². The summed E-state index contributed by atoms with van der Waals surface area (Å²) in [6, 6.07) is 6.51. The Hall–Kier alpha value is -1.74. The van der Waals surface area contributed by atoms with Crippen LogP contribution in [-0.4, -0.2) is 52.2 Å². The Morgan fingerprint density at radius 1 is 1.00 bits per heavy atom. The molecule has 0 aliphatic carbocycles. The van der Waals surface area contributed by atoms with Gasteiger partial charge < -0.3 is 23.7 Å². The van der Waals surface area contributed by atoms with Crippen LogP contribution in [0.25, 0.3) is 0 Å². The van der Waals surface area contributed by atoms with Crippen molar-refractivity contribution < 1.29 is 28.0 Å². The molecule has 7 nitrogen and oxygen atoms in total. The molecule has 134 valence electrons. The van der Waals surface area contributed by atoms with Crippen LogP contribution in [0.4, 0.5) is 0 Å². The fraction of sp³-hybridized carbons (Fsp3) is 0.500. The summed E-state index contributed by atoms with van der Waals surface area (Å²) in [4.78, 5) is 23.4. The first-order chi connectivity index (χ1) is 11.5. The average Bonchev–Trinajstić information content (AvgIpc) is 2.55. The molecule has 0 saturated carbocycles. The molecule has 0 radical (unpaired) electrons. The van der Waals surface area contributed by atoms with Gasteiger partial charge in [-0.3, -0.25) is 4.79 Å². The van der Waals surface area contributed by atoms with Crippen molar-refractivity contribution in [3.63, 3.8) is 0 Å². The van der Waals surface area contributed by atoms with E-state index in [0.717, 1.165) is 0 Å². The first kappa shape index (κ1) is 20.3. The van der Waals surface area contributed by atoms with Gasteiger partial charge in [0.25, 0.3) is 5.91 Å². The summed E-state index contributed by atoms with van der Waals surface area (Å²) >= 11 is 0. The van der Waals surface area contributed by atoms with E-state index in [9.17, 15) is 9.59 Å². The Kier molecular flexibility index (Phi) is 8.62. The van der Waals surface area contributed by atoms with Crippen molar-refractivity contribution >= 4 is 20.7 Å². The fourth-order valence-corrected chi connectivity index (χ4v) is 4.73. The van der Waals surface area contributed by atoms with E-state index in [4.69, 9.17) is 18.4 Å². The van der Waals surface area contributed by atoms with Gasteiger partial charge >= 0.3 is 14.8 Å². The maximum atomic E-state index is 12.2. The van der Waals surface area contributed by atoms with Gasteiger partial charge in [0.2, 0.25) is 0 Å². The highest BCUT2D eigenvalue weighted by atomic mass is 28.4. The van der Waals surface area contributed by atoms with Crippen molar-refractivity contribution in [2.45, 2.75) is 26.8 Å². The predicted octanol–water partition coefficient (Wildman–Crippen LogP) is 2.16. The van der Waals surface area contributed by atoms with E-state index in [1.165, 1.54) is 12.1 Å². The van der Waals surface area contributed by atoms with E-state index in [1.54, 1.807) is 12.1 Å². The largest absolute Gasteiger partial charge is 0.502 e. The van der Waals surface area contributed by atoms with Gasteiger partial charge in [0.1, 0.15) is 0 Å². The number of carbonyl (C=O) groups is 2. The Morgan fingerprint density at radius 3 is 1.96 bits per heavy atom. The normalized spacial score (nSPS) is 11.3. The molecule has 0 aliphatic heterocycles. The third-order valence-corrected chi connectivity index (χ3v) is 6.26. The molecule has 0 atom stereocenters. The molecule has 1 rings (SSSR count). The molecule has 8 heteroatoms. The number of rotatable bonds is 11. The highest BCUT2D eigenvalue weighted by Gasteiger charge is 2.40. The Morgan fingerprint density at radius 2 is 1.50 bits per heavy atom. The van der Waals surface area contributed by atoms with Crippen LogP contribution >= 0.6 is 0 Å². The third-order valence-electron chi connectivity index (χ3n) is 3.21. The molecule has 24 heavy (non-hydrogen) atoms. The zero-order valence-electron chi connectivity index (χ0n) is 14.3. The van der Waals surface area contributed by atoms with Crippen LogP contribution in [0.3, 0.4) is 0 Å². The van der Waals surface area contributed by atoms with Crippen molar-refractivity contribution in [3.05, 3.63) is 35.4 Å². The predicted molar refractivity (Wildman–Crippen MR) is 91.2 cm³/mol. The van der Waals surface area contributed by atoms with Gasteiger partial charge in [-0.05, 0) is 32.9 Å². The summed E-state index contributed by atoms with van der Waals surface area (Å²) in [7, 11) is -2.83. The molecular formula is C16H25NO6Si. The van der Waals surface area contributed by atoms with Crippen LogP contribution < -0.4 is 5.32 Å². The van der Waals surface area contributed by atoms with Crippen LogP contribution in [0.2, 0.25) is 6.04 Å². The summed E-state index contributed by atoms with van der Waals surface area (Å²) < 4.78 is 17.1. The van der Waals surface area contributed by atoms with E-state index in [2.05, 4.69) is 5.32 Å². The van der Waals surface area contributed by atoms with Crippen molar-refractivity contribution in [3.8, 4) is 0 Å². The summed E-state index contributed by atoms with van der Waals surface area (Å²) in [6.07, 6.45) is 0. The second kappa shape index (κ2) is 10.2. The molecule has 0 bridgehead atoms. The summed E-state index contributed by atoms with van der Waals surface area (Å²) in [5, 5.41) is 11.9. The smallest absolute Gasteiger partial charge is 0.478 e. The lowest BCUT2D eigenvalue weighted by Gasteiger charge is -2.28. The van der Waals surface area contributed by atoms with Gasteiger partial charge in [-0.1, -0.05) is 12.1 Å². The quantitative estimate of drug-likeness (QED) is 0.591. The van der Waals surface area contributed by atoms with Crippen molar-refractivity contribution in [2.75, 3.05) is 26.4 Å². The van der Waals surface area contributed by atoms with E-state index in [0.29, 0.717) is 25.9 Å². The van der Waals surface area contributed by atoms with Crippen LogP contribution in [0.5, 0.6) is 0 Å². The Labute approximate surface area is 143 Å². The molecule has 2 N–H and O–H groups in total. The molecule has 0 unspecified atom stereocenters. The molecule has 0 aliphatic rings. The molecule has 1 aromatic carbocycles. The second-order valence-electron chi connectivity index (χ2n) is 4.84. The van der Waals surface area contributed by atoms with Crippen LogP contribution in [-0.2, 0) is 13.3 Å². The number of hydrogen-bond acceptors (Lipinski definition) is 5. The molecule has 0 heterocycles. The highest BCUT2D eigenvalue weighted by molar-refractivity contribution is 6.60. The van der Waals surface area contributed by atoms with Crippen molar-refractivity contribution in [1.82, 2.24) is 5.32 Å². The van der Waals surface area contributed by atoms with E-state index in [-0.39, 0.29) is 17.7 Å². The Bertz CT molecular complexity index is 534. The summed E-state index contributed by atoms with van der Waals surface area (Å²) in [6.45, 7) is 7.25. The van der Waals surface area contributed by atoms with Crippen LogP contribution in [0.15, 0.2) is 24.3 Å². The maximum absolute atomic E-state index is 12.2. The van der Waals surface area contributed by atoms with Gasteiger partial charge in [0.05, 0.1) is 11.1 Å². The zero-order chi connectivity index (χ0) is 18.0. The lowest BCUT2D eigenvalue weighted by Crippen LogP contribution is -2.48. The number of carboxylic acids is 1. The number of carbonyl (C=O) groups excluding carboxylic acids is 1. The first-order valence-corrected chi connectivity index (χ1v) is 9.95. The monoisotopic (exact) mass is 355 g/mol. The van der Waals surface area contributed by atoms with E-state index < -0.39 is 20.7 Å². The SMILES string of the molecule is CCO[Si](CCNC(=O)c1ccccc1C(=O)O)(OCC)OCC. The number of nitrogens with one attached hydrogen (secondary N) is 1. The molecule has 0 fully saturated rings. The van der Waals surface area contributed by atoms with Crippen molar-refractivity contribution in [1.29, 1.82) is 0 Å². The highest BCUT2D eigenvalue weighted by Crippen LogP contribution is 2.16. The molecular weight excluding hydrogens is 330 g/mol. The van der Waals surface area contributed by atoms with Gasteiger partial charge in [0, 0.05) is 32.4 Å². The van der Waals surface area contributed by atoms with Gasteiger partial charge in [-0.25, -0.2) is 4.79 Å². The summed E-state index contributed by atoms with van der Waals surface area (Å²) in [5.41, 5.74) is 0.0967. The second-order valence-corrected chi connectivity index (χ2v) is 7.57. The molecule has 1 aromatic rings. The van der Waals surface area contributed by atoms with E-state index >= 15 is 0 Å². The standard InChI is InChI=1S/C16H25NO6Si/c1-4-21-24(22-5-2,23-6-3)12-11-17-15(18)13-9-7-8-10-14(13)16(19)20/h7-10H,4-6,11-12H2,1-3H3,(H,17,18)(H,19,20).